The van der Waals surface area contributed by atoms with E-state index < -0.39 is 0.968 Å². The van der Waals surface area contributed by atoms with Crippen molar-refractivity contribution >= 4 is 71.3 Å². The molecule has 0 heterocycles. The van der Waals surface area contributed by atoms with Crippen molar-refractivity contribution in [2.24, 2.45) is 0 Å². The Hall–Kier alpha value is 2.60. The van der Waals surface area contributed by atoms with Gasteiger partial charge in [-0.05, 0) is 0 Å². The molecule has 0 aromatic carbocycles. The SMILES string of the molecule is B=[SH](I)(I)I. The summed E-state index contributed by atoms with van der Waals surface area (Å²) >= 11 is 7.05. The Balaban J connectivity index is 3.47. The molecular weight excluding hydrogens is 424 g/mol. The van der Waals surface area contributed by atoms with Gasteiger partial charge >= 0.3 is 71.3 Å². The molecule has 0 aliphatic heterocycles. The van der Waals surface area contributed by atoms with E-state index >= 15 is 0 Å². The van der Waals surface area contributed by atoms with E-state index in [9.17, 15) is 0 Å². The van der Waals surface area contributed by atoms with Gasteiger partial charge in [0.15, 0.2) is 0 Å². The van der Waals surface area contributed by atoms with Crippen LogP contribution in [0.5, 0.6) is 0 Å². The number of hydrogen-bond acceptors (Lipinski definition) is 0. The van der Waals surface area contributed by atoms with Crippen LogP contribution in [0.3, 0.4) is 0 Å². The molecule has 0 aromatic rings. The summed E-state index contributed by atoms with van der Waals surface area (Å²) < 4.78 is -0.729. The summed E-state index contributed by atoms with van der Waals surface area (Å²) in [5.41, 5.74) is 0. The van der Waals surface area contributed by atoms with E-state index in [4.69, 9.17) is 0 Å². The van der Waals surface area contributed by atoms with E-state index in [0.29, 0.717) is 0 Å². The third-order valence-corrected chi connectivity index (χ3v) is 0. The van der Waals surface area contributed by atoms with E-state index in [1.54, 1.807) is 0 Å². The second kappa shape index (κ2) is 2.80. The molecule has 0 saturated carbocycles. The quantitative estimate of drug-likeness (QED) is 0.344. The maximum absolute atomic E-state index is 3.84. The van der Waals surface area contributed by atoms with Gasteiger partial charge in [0, 0.05) is 0 Å². The normalized spacial score (nSPS) is 14.8. The summed E-state index contributed by atoms with van der Waals surface area (Å²) in [5.74, 6) is 0. The summed E-state index contributed by atoms with van der Waals surface area (Å²) in [6.45, 7) is 3.84. The van der Waals surface area contributed by atoms with Crippen LogP contribution in [0.25, 0.3) is 0 Å². The van der Waals surface area contributed by atoms with Crippen LogP contribution in [0.1, 0.15) is 0 Å². The van der Waals surface area contributed by atoms with Gasteiger partial charge in [-0.1, -0.05) is 0 Å². The summed E-state index contributed by atoms with van der Waals surface area (Å²) in [7, 11) is 0. The van der Waals surface area contributed by atoms with E-state index in [1.807, 2.05) is 0 Å². The van der Waals surface area contributed by atoms with Crippen molar-refractivity contribution < 1.29 is 0 Å². The van der Waals surface area contributed by atoms with Crippen LogP contribution >= 0.6 is 64.6 Å². The second-order valence-corrected chi connectivity index (χ2v) is 33.1. The van der Waals surface area contributed by atoms with Gasteiger partial charge in [-0.25, -0.2) is 0 Å². The van der Waals surface area contributed by atoms with Crippen LogP contribution in [0, 0.1) is 0 Å². The van der Waals surface area contributed by atoms with Crippen molar-refractivity contribution in [2.75, 3.05) is 0 Å². The molecule has 0 N–H and O–H groups in total. The standard InChI is InChI=1S/BH2I3S/c1-5(2,3)4/h1,5H. The molecule has 0 spiro atoms. The first kappa shape index (κ1) is 7.60. The van der Waals surface area contributed by atoms with Crippen molar-refractivity contribution in [3.63, 3.8) is 0 Å². The molecule has 0 aromatic heterocycles. The molecule has 32 valence electrons. The second-order valence-electron chi connectivity index (χ2n) is 0.550. The van der Waals surface area contributed by atoms with Gasteiger partial charge < -0.3 is 0 Å². The van der Waals surface area contributed by atoms with Crippen molar-refractivity contribution in [1.29, 1.82) is 0 Å². The zero-order valence-corrected chi connectivity index (χ0v) is 9.66. The third-order valence-electron chi connectivity index (χ3n) is 0. The van der Waals surface area contributed by atoms with Crippen molar-refractivity contribution in [3.8, 4) is 0 Å². The van der Waals surface area contributed by atoms with Gasteiger partial charge in [0.2, 0.25) is 0 Å². The van der Waals surface area contributed by atoms with E-state index in [1.165, 1.54) is 0 Å². The van der Waals surface area contributed by atoms with Gasteiger partial charge in [0.05, 0.1) is 0 Å². The number of halogens is 3. The molecule has 0 bridgehead atoms. The number of hydrogen-bond donors (Lipinski definition) is 1. The van der Waals surface area contributed by atoms with Gasteiger partial charge in [-0.15, -0.1) is 0 Å². The zero-order valence-electron chi connectivity index (χ0n) is 2.29. The Morgan fingerprint density at radius 2 is 1.20 bits per heavy atom. The topological polar surface area (TPSA) is 0 Å². The molecule has 0 atom stereocenters. The fourth-order valence-electron chi connectivity index (χ4n) is 0. The number of thiol groups is 1. The van der Waals surface area contributed by atoms with Crippen LogP contribution in [-0.2, 0) is 0 Å². The minimum absolute atomic E-state index is 0.729. The Kier molecular flexibility index (Phi) is 4.26. The molecule has 0 unspecified atom stereocenters. The van der Waals surface area contributed by atoms with E-state index in [2.05, 4.69) is 70.3 Å². The maximum atomic E-state index is 3.84. The molecule has 0 fully saturated rings. The Morgan fingerprint density at radius 3 is 1.20 bits per heavy atom. The predicted molar refractivity (Wildman–Crippen MR) is 58.2 cm³/mol. The van der Waals surface area contributed by atoms with Crippen LogP contribution in [0.2, 0.25) is 0 Å². The fraction of sp³-hybridized carbons (Fsp3) is 0. The molecular formula is H2BI3S. The molecule has 0 saturated heterocycles. The first-order valence-electron chi connectivity index (χ1n) is 0.823. The Morgan fingerprint density at radius 1 is 1.20 bits per heavy atom. The first-order valence-corrected chi connectivity index (χ1v) is 11.2. The zero-order chi connectivity index (χ0) is 4.50. The van der Waals surface area contributed by atoms with Crippen LogP contribution in [0.15, 0.2) is 0 Å². The summed E-state index contributed by atoms with van der Waals surface area (Å²) in [5, 5.41) is 0. The number of rotatable bonds is 0. The third kappa shape index (κ3) is 20.6. The molecule has 0 nitrogen and oxygen atoms in total. The summed E-state index contributed by atoms with van der Waals surface area (Å²) in [6.07, 6.45) is 0. The van der Waals surface area contributed by atoms with Crippen molar-refractivity contribution in [1.82, 2.24) is 0 Å². The van der Waals surface area contributed by atoms with Crippen molar-refractivity contribution in [2.45, 2.75) is 0 Å². The molecule has 0 rings (SSSR count). The molecule has 0 aliphatic rings. The van der Waals surface area contributed by atoms with Gasteiger partial charge in [0.1, 0.15) is 0 Å². The minimum atomic E-state index is -0.729. The fourth-order valence-corrected chi connectivity index (χ4v) is 0. The van der Waals surface area contributed by atoms with Crippen molar-refractivity contribution in [3.05, 3.63) is 0 Å². The Bertz CT molecular complexity index is 53.0. The van der Waals surface area contributed by atoms with Crippen LogP contribution < -0.4 is 0 Å². The average molecular weight is 426 g/mol. The average Bonchev–Trinajstić information content (AvgIpc) is 0.722. The molecule has 5 heteroatoms. The van der Waals surface area contributed by atoms with E-state index in [0.717, 1.165) is 0 Å². The van der Waals surface area contributed by atoms with Gasteiger partial charge in [0.25, 0.3) is 0 Å². The van der Waals surface area contributed by atoms with Gasteiger partial charge in [-0.2, -0.15) is 0 Å². The molecule has 0 aliphatic carbocycles. The summed E-state index contributed by atoms with van der Waals surface area (Å²) in [6, 6.07) is 0. The summed E-state index contributed by atoms with van der Waals surface area (Å²) in [4.78, 5) is 0. The van der Waals surface area contributed by atoms with Crippen LogP contribution in [-0.4, -0.2) is 6.72 Å². The van der Waals surface area contributed by atoms with E-state index in [-0.39, 0.29) is 0 Å². The van der Waals surface area contributed by atoms with Crippen LogP contribution in [0.4, 0.5) is 0 Å². The molecule has 5 heavy (non-hydrogen) atoms. The Labute approximate surface area is 69.8 Å². The monoisotopic (exact) mass is 426 g/mol. The molecule has 0 amide bonds. The molecule has 0 radical (unpaired) electrons. The first-order chi connectivity index (χ1) is 2.00. The van der Waals surface area contributed by atoms with Gasteiger partial charge in [-0.3, -0.25) is 0 Å². The predicted octanol–water partition coefficient (Wildman–Crippen LogP) is 2.39.